The monoisotopic (exact) mass is 242 g/mol. The molecule has 1 heterocycles. The Labute approximate surface area is 98.1 Å². The molecule has 0 spiro atoms. The number of aromatic nitrogens is 2. The van der Waals surface area contributed by atoms with Crippen LogP contribution in [-0.4, -0.2) is 22.0 Å². The van der Waals surface area contributed by atoms with Crippen molar-refractivity contribution in [2.75, 3.05) is 11.9 Å². The molecule has 1 atom stereocenters. The fourth-order valence-corrected chi connectivity index (χ4v) is 2.69. The van der Waals surface area contributed by atoms with Gasteiger partial charge in [-0.15, -0.1) is 10.2 Å². The van der Waals surface area contributed by atoms with Gasteiger partial charge in [-0.1, -0.05) is 36.4 Å². The first-order chi connectivity index (χ1) is 7.26. The molecule has 1 aromatic heterocycles. The first-order valence-electron chi connectivity index (χ1n) is 4.90. The fraction of sp³-hybridized carbons (Fsp3) is 0.667. The summed E-state index contributed by atoms with van der Waals surface area (Å²) >= 11 is 2.95. The smallest absolute Gasteiger partial charge is 0.206 e. The molecule has 15 heavy (non-hydrogen) atoms. The van der Waals surface area contributed by atoms with Crippen LogP contribution in [0.25, 0.3) is 0 Å². The summed E-state index contributed by atoms with van der Waals surface area (Å²) in [5, 5.41) is 20.6. The molecule has 1 rings (SSSR count). The van der Waals surface area contributed by atoms with Crippen molar-refractivity contribution in [3.05, 3.63) is 0 Å². The highest BCUT2D eigenvalue weighted by Crippen LogP contribution is 2.28. The van der Waals surface area contributed by atoms with E-state index in [1.165, 1.54) is 29.5 Å². The van der Waals surface area contributed by atoms with Crippen molar-refractivity contribution >= 4 is 28.2 Å². The van der Waals surface area contributed by atoms with E-state index in [1.807, 2.05) is 6.92 Å². The Morgan fingerprint density at radius 2 is 2.40 bits per heavy atom. The van der Waals surface area contributed by atoms with Crippen molar-refractivity contribution in [3.63, 3.8) is 0 Å². The van der Waals surface area contributed by atoms with E-state index >= 15 is 0 Å². The maximum absolute atomic E-state index is 8.65. The lowest BCUT2D eigenvalue weighted by Gasteiger charge is -1.98. The Morgan fingerprint density at radius 3 is 3.07 bits per heavy atom. The number of nitriles is 1. The lowest BCUT2D eigenvalue weighted by atomic mass is 10.3. The zero-order valence-electron chi connectivity index (χ0n) is 8.86. The Kier molecular flexibility index (Phi) is 5.43. The Bertz CT molecular complexity index is 331. The zero-order valence-corrected chi connectivity index (χ0v) is 10.5. The van der Waals surface area contributed by atoms with Crippen LogP contribution in [-0.2, 0) is 0 Å². The molecular weight excluding hydrogens is 228 g/mol. The molecule has 4 nitrogen and oxygen atoms in total. The van der Waals surface area contributed by atoms with Crippen LogP contribution in [0.4, 0.5) is 5.13 Å². The van der Waals surface area contributed by atoms with Crippen molar-refractivity contribution in [3.8, 4) is 6.07 Å². The highest BCUT2D eigenvalue weighted by molar-refractivity contribution is 8.01. The van der Waals surface area contributed by atoms with Crippen molar-refractivity contribution in [1.82, 2.24) is 10.2 Å². The molecule has 0 aliphatic heterocycles. The minimum atomic E-state index is -0.0681. The summed E-state index contributed by atoms with van der Waals surface area (Å²) in [4.78, 5) is 0. The van der Waals surface area contributed by atoms with Gasteiger partial charge >= 0.3 is 0 Å². The van der Waals surface area contributed by atoms with Crippen LogP contribution < -0.4 is 5.32 Å². The predicted molar refractivity (Wildman–Crippen MR) is 64.2 cm³/mol. The SMILES string of the molecule is CCCCNc1nnc(SC(C)C#N)s1. The molecule has 0 radical (unpaired) electrons. The van der Waals surface area contributed by atoms with Gasteiger partial charge in [0, 0.05) is 6.54 Å². The van der Waals surface area contributed by atoms with E-state index in [2.05, 4.69) is 28.5 Å². The number of thioether (sulfide) groups is 1. The zero-order chi connectivity index (χ0) is 11.1. The molecule has 1 N–H and O–H groups in total. The van der Waals surface area contributed by atoms with E-state index in [1.54, 1.807) is 0 Å². The molecule has 1 aromatic rings. The molecule has 6 heteroatoms. The Hall–Kier alpha value is -0.800. The number of hydrogen-bond acceptors (Lipinski definition) is 6. The normalized spacial score (nSPS) is 12.1. The van der Waals surface area contributed by atoms with Crippen molar-refractivity contribution < 1.29 is 0 Å². The van der Waals surface area contributed by atoms with Crippen LogP contribution in [0, 0.1) is 11.3 Å². The summed E-state index contributed by atoms with van der Waals surface area (Å²) in [6, 6.07) is 2.16. The van der Waals surface area contributed by atoms with Gasteiger partial charge in [-0.05, 0) is 13.3 Å². The molecular formula is C9H14N4S2. The van der Waals surface area contributed by atoms with Crippen LogP contribution in [0.15, 0.2) is 4.34 Å². The van der Waals surface area contributed by atoms with Crippen molar-refractivity contribution in [2.24, 2.45) is 0 Å². The van der Waals surface area contributed by atoms with E-state index in [4.69, 9.17) is 5.26 Å². The largest absolute Gasteiger partial charge is 0.360 e. The number of nitrogens with zero attached hydrogens (tertiary/aromatic N) is 3. The molecule has 0 fully saturated rings. The average molecular weight is 242 g/mol. The van der Waals surface area contributed by atoms with Gasteiger partial charge in [-0.3, -0.25) is 0 Å². The van der Waals surface area contributed by atoms with Crippen LogP contribution in [0.5, 0.6) is 0 Å². The summed E-state index contributed by atoms with van der Waals surface area (Å²) in [7, 11) is 0. The number of nitrogens with one attached hydrogen (secondary N) is 1. The van der Waals surface area contributed by atoms with Crippen molar-refractivity contribution in [1.29, 1.82) is 5.26 Å². The maximum Gasteiger partial charge on any atom is 0.206 e. The first kappa shape index (κ1) is 12.3. The van der Waals surface area contributed by atoms with E-state index in [9.17, 15) is 0 Å². The highest BCUT2D eigenvalue weighted by atomic mass is 32.2. The Balaban J connectivity index is 2.39. The van der Waals surface area contributed by atoms with E-state index in [0.717, 1.165) is 22.4 Å². The van der Waals surface area contributed by atoms with Crippen LogP contribution >= 0.6 is 23.1 Å². The summed E-state index contributed by atoms with van der Waals surface area (Å²) in [5.74, 6) is 0. The third kappa shape index (κ3) is 4.49. The van der Waals surface area contributed by atoms with Crippen LogP contribution in [0.2, 0.25) is 0 Å². The van der Waals surface area contributed by atoms with Gasteiger partial charge in [-0.2, -0.15) is 5.26 Å². The van der Waals surface area contributed by atoms with E-state index in [0.29, 0.717) is 0 Å². The van der Waals surface area contributed by atoms with Crippen molar-refractivity contribution in [2.45, 2.75) is 36.3 Å². The molecule has 82 valence electrons. The van der Waals surface area contributed by atoms with E-state index < -0.39 is 0 Å². The minimum absolute atomic E-state index is 0.0681. The second-order valence-corrected chi connectivity index (χ2v) is 5.61. The summed E-state index contributed by atoms with van der Waals surface area (Å²) in [5.41, 5.74) is 0. The molecule has 0 saturated heterocycles. The lowest BCUT2D eigenvalue weighted by molar-refractivity contribution is 0.830. The topological polar surface area (TPSA) is 61.6 Å². The molecule has 0 bridgehead atoms. The second-order valence-electron chi connectivity index (χ2n) is 3.04. The third-order valence-corrected chi connectivity index (χ3v) is 3.63. The van der Waals surface area contributed by atoms with Gasteiger partial charge in [0.2, 0.25) is 5.13 Å². The van der Waals surface area contributed by atoms with Crippen LogP contribution in [0.3, 0.4) is 0 Å². The maximum atomic E-state index is 8.65. The molecule has 0 aliphatic rings. The third-order valence-electron chi connectivity index (χ3n) is 1.67. The van der Waals surface area contributed by atoms with Gasteiger partial charge in [0.25, 0.3) is 0 Å². The highest BCUT2D eigenvalue weighted by Gasteiger charge is 2.08. The number of hydrogen-bond donors (Lipinski definition) is 1. The molecule has 0 aliphatic carbocycles. The predicted octanol–water partition coefficient (Wildman–Crippen LogP) is 2.75. The van der Waals surface area contributed by atoms with Gasteiger partial charge in [0.15, 0.2) is 4.34 Å². The number of rotatable bonds is 6. The first-order valence-corrected chi connectivity index (χ1v) is 6.59. The van der Waals surface area contributed by atoms with Gasteiger partial charge in [0.05, 0.1) is 11.3 Å². The van der Waals surface area contributed by atoms with Gasteiger partial charge < -0.3 is 5.32 Å². The number of anilines is 1. The second kappa shape index (κ2) is 6.64. The molecule has 0 aromatic carbocycles. The molecule has 1 unspecified atom stereocenters. The standard InChI is InChI=1S/C9H14N4S2/c1-3-4-5-11-8-12-13-9(15-8)14-7(2)6-10/h7H,3-5H2,1-2H3,(H,11,12). The lowest BCUT2D eigenvalue weighted by Crippen LogP contribution is -1.99. The average Bonchev–Trinajstić information content (AvgIpc) is 2.66. The summed E-state index contributed by atoms with van der Waals surface area (Å²) < 4.78 is 0.850. The van der Waals surface area contributed by atoms with E-state index in [-0.39, 0.29) is 5.25 Å². The number of unbranched alkanes of at least 4 members (excludes halogenated alkanes) is 1. The minimum Gasteiger partial charge on any atom is -0.360 e. The summed E-state index contributed by atoms with van der Waals surface area (Å²) in [6.45, 7) is 4.94. The van der Waals surface area contributed by atoms with Gasteiger partial charge in [-0.25, -0.2) is 0 Å². The molecule has 0 amide bonds. The molecule has 0 saturated carbocycles. The fourth-order valence-electron chi connectivity index (χ4n) is 0.879. The quantitative estimate of drug-likeness (QED) is 0.614. The van der Waals surface area contributed by atoms with Crippen LogP contribution in [0.1, 0.15) is 26.7 Å². The Morgan fingerprint density at radius 1 is 1.60 bits per heavy atom. The van der Waals surface area contributed by atoms with Gasteiger partial charge in [0.1, 0.15) is 0 Å². The summed E-state index contributed by atoms with van der Waals surface area (Å²) in [6.07, 6.45) is 2.30.